The Morgan fingerprint density at radius 2 is 2.19 bits per heavy atom. The number of nitrogens with zero attached hydrogens (tertiary/aromatic N) is 1. The van der Waals surface area contributed by atoms with E-state index in [9.17, 15) is 14.9 Å². The summed E-state index contributed by atoms with van der Waals surface area (Å²) in [5.41, 5.74) is 2.09. The summed E-state index contributed by atoms with van der Waals surface area (Å²) in [6, 6.07) is 3.27. The van der Waals surface area contributed by atoms with E-state index in [1.807, 2.05) is 0 Å². The Morgan fingerprint density at radius 3 is 2.81 bits per heavy atom. The number of amides is 1. The Morgan fingerprint density at radius 1 is 1.43 bits per heavy atom. The van der Waals surface area contributed by atoms with Gasteiger partial charge in [0, 0.05) is 29.5 Å². The van der Waals surface area contributed by atoms with Crippen molar-refractivity contribution in [3.63, 3.8) is 0 Å². The van der Waals surface area contributed by atoms with Crippen LogP contribution in [0.3, 0.4) is 0 Å². The maximum Gasteiger partial charge on any atom is 0.292 e. The minimum atomic E-state index is -0.363. The molecule has 0 unspecified atom stereocenters. The number of anilines is 2. The van der Waals surface area contributed by atoms with E-state index >= 15 is 0 Å². The molecule has 1 amide bonds. The van der Waals surface area contributed by atoms with Crippen molar-refractivity contribution in [1.29, 1.82) is 0 Å². The highest BCUT2D eigenvalue weighted by Crippen LogP contribution is 2.47. The smallest absolute Gasteiger partial charge is 0.292 e. The van der Waals surface area contributed by atoms with Gasteiger partial charge in [0.25, 0.3) is 5.69 Å². The predicted octanol–water partition coefficient (Wildman–Crippen LogP) is 2.79. The summed E-state index contributed by atoms with van der Waals surface area (Å²) in [6.45, 7) is 0.710. The third-order valence-corrected chi connectivity index (χ3v) is 5.57. The SMILES string of the molecule is CSC1(CNc2cc3c(cc2[N+](=O)[O-])CCC(=O)N3)CC1. The predicted molar refractivity (Wildman–Crippen MR) is 84.0 cm³/mol. The Hall–Kier alpha value is -1.76. The van der Waals surface area contributed by atoms with Gasteiger partial charge in [0.15, 0.2) is 0 Å². The van der Waals surface area contributed by atoms with E-state index < -0.39 is 0 Å². The molecule has 1 heterocycles. The van der Waals surface area contributed by atoms with Gasteiger partial charge in [-0.05, 0) is 37.1 Å². The Bertz CT molecular complexity index is 614. The minimum absolute atomic E-state index is 0.0370. The van der Waals surface area contributed by atoms with Crippen LogP contribution in [0.5, 0.6) is 0 Å². The number of fused-ring (bicyclic) bond motifs is 1. The zero-order chi connectivity index (χ0) is 15.0. The second-order valence-electron chi connectivity index (χ2n) is 5.57. The van der Waals surface area contributed by atoms with E-state index in [1.165, 1.54) is 0 Å². The third-order valence-electron chi connectivity index (χ3n) is 4.16. The number of thioether (sulfide) groups is 1. The fourth-order valence-electron chi connectivity index (χ4n) is 2.56. The normalized spacial score (nSPS) is 18.6. The Labute approximate surface area is 126 Å². The van der Waals surface area contributed by atoms with Gasteiger partial charge < -0.3 is 10.6 Å². The summed E-state index contributed by atoms with van der Waals surface area (Å²) in [7, 11) is 0. The highest BCUT2D eigenvalue weighted by molar-refractivity contribution is 8.00. The van der Waals surface area contributed by atoms with Crippen LogP contribution in [0.1, 0.15) is 24.8 Å². The van der Waals surface area contributed by atoms with Gasteiger partial charge in [-0.2, -0.15) is 11.8 Å². The number of carbonyl (C=O) groups excluding carboxylic acids is 1. The number of nitro groups is 1. The molecule has 2 N–H and O–H groups in total. The summed E-state index contributed by atoms with van der Waals surface area (Å²) < 4.78 is 0.215. The molecule has 6 nitrogen and oxygen atoms in total. The van der Waals surface area contributed by atoms with Gasteiger partial charge in [-0.25, -0.2) is 0 Å². The largest absolute Gasteiger partial charge is 0.378 e. The van der Waals surface area contributed by atoms with Gasteiger partial charge in [-0.1, -0.05) is 0 Å². The summed E-state index contributed by atoms with van der Waals surface area (Å²) in [4.78, 5) is 22.4. The molecule has 1 aromatic rings. The van der Waals surface area contributed by atoms with Gasteiger partial charge in [-0.15, -0.1) is 0 Å². The van der Waals surface area contributed by atoms with Crippen molar-refractivity contribution < 1.29 is 9.72 Å². The van der Waals surface area contributed by atoms with Gasteiger partial charge in [0.05, 0.1) is 4.92 Å². The quantitative estimate of drug-likeness (QED) is 0.645. The molecule has 1 aliphatic heterocycles. The first kappa shape index (κ1) is 14.2. The standard InChI is InChI=1S/C14H17N3O3S/c1-21-14(4-5-14)8-15-11-7-10-9(2-3-13(18)16-10)6-12(11)17(19)20/h6-7,15H,2-5,8H2,1H3,(H,16,18). The van der Waals surface area contributed by atoms with Gasteiger partial charge in [0.1, 0.15) is 5.69 Å². The van der Waals surface area contributed by atoms with Crippen LogP contribution >= 0.6 is 11.8 Å². The molecule has 0 saturated heterocycles. The molecule has 112 valence electrons. The number of rotatable bonds is 5. The van der Waals surface area contributed by atoms with E-state index in [4.69, 9.17) is 0 Å². The maximum absolute atomic E-state index is 11.5. The number of hydrogen-bond acceptors (Lipinski definition) is 5. The highest BCUT2D eigenvalue weighted by Gasteiger charge is 2.42. The van der Waals surface area contributed by atoms with Crippen molar-refractivity contribution in [2.24, 2.45) is 0 Å². The van der Waals surface area contributed by atoms with E-state index in [0.717, 1.165) is 18.4 Å². The number of hydrogen-bond donors (Lipinski definition) is 2. The Kier molecular flexibility index (Phi) is 3.52. The van der Waals surface area contributed by atoms with Crippen molar-refractivity contribution in [2.45, 2.75) is 30.4 Å². The van der Waals surface area contributed by atoms with Crippen molar-refractivity contribution in [3.05, 3.63) is 27.8 Å². The lowest BCUT2D eigenvalue weighted by atomic mass is 10.0. The van der Waals surface area contributed by atoms with Crippen molar-refractivity contribution in [3.8, 4) is 0 Å². The molecule has 2 aliphatic rings. The molecular formula is C14H17N3O3S. The van der Waals surface area contributed by atoms with Crippen LogP contribution in [0.2, 0.25) is 0 Å². The van der Waals surface area contributed by atoms with Crippen molar-refractivity contribution in [1.82, 2.24) is 0 Å². The molecule has 1 aromatic carbocycles. The second-order valence-corrected chi connectivity index (χ2v) is 6.85. The van der Waals surface area contributed by atoms with Gasteiger partial charge >= 0.3 is 0 Å². The molecular weight excluding hydrogens is 290 g/mol. The number of carbonyl (C=O) groups is 1. The molecule has 7 heteroatoms. The molecule has 0 bridgehead atoms. The topological polar surface area (TPSA) is 84.3 Å². The molecule has 21 heavy (non-hydrogen) atoms. The maximum atomic E-state index is 11.5. The lowest BCUT2D eigenvalue weighted by molar-refractivity contribution is -0.384. The molecule has 1 saturated carbocycles. The molecule has 0 aromatic heterocycles. The first-order chi connectivity index (χ1) is 10.0. The molecule has 3 rings (SSSR count). The van der Waals surface area contributed by atoms with Crippen LogP contribution < -0.4 is 10.6 Å². The fraction of sp³-hybridized carbons (Fsp3) is 0.500. The zero-order valence-electron chi connectivity index (χ0n) is 11.8. The van der Waals surface area contributed by atoms with Crippen LogP contribution in [0, 0.1) is 10.1 Å². The number of nitro benzene ring substituents is 1. The number of benzene rings is 1. The van der Waals surface area contributed by atoms with Gasteiger partial charge in [-0.3, -0.25) is 14.9 Å². The van der Waals surface area contributed by atoms with Crippen molar-refractivity contribution in [2.75, 3.05) is 23.4 Å². The molecule has 1 aliphatic carbocycles. The van der Waals surface area contributed by atoms with E-state index in [-0.39, 0.29) is 21.3 Å². The lowest BCUT2D eigenvalue weighted by Gasteiger charge is -2.19. The molecule has 0 spiro atoms. The minimum Gasteiger partial charge on any atom is -0.378 e. The van der Waals surface area contributed by atoms with E-state index in [0.29, 0.717) is 30.8 Å². The van der Waals surface area contributed by atoms with Crippen LogP contribution in [0.4, 0.5) is 17.1 Å². The fourth-order valence-corrected chi connectivity index (χ4v) is 3.28. The van der Waals surface area contributed by atoms with E-state index in [2.05, 4.69) is 16.9 Å². The summed E-state index contributed by atoms with van der Waals surface area (Å²) in [6.07, 6.45) is 5.27. The van der Waals surface area contributed by atoms with Crippen LogP contribution in [-0.2, 0) is 11.2 Å². The lowest BCUT2D eigenvalue weighted by Crippen LogP contribution is -2.21. The van der Waals surface area contributed by atoms with E-state index in [1.54, 1.807) is 23.9 Å². The average Bonchev–Trinajstić information content (AvgIpc) is 3.24. The first-order valence-corrected chi connectivity index (χ1v) is 8.16. The summed E-state index contributed by atoms with van der Waals surface area (Å²) in [5.74, 6) is -0.0370. The first-order valence-electron chi connectivity index (χ1n) is 6.93. The molecule has 0 atom stereocenters. The molecule has 0 radical (unpaired) electrons. The summed E-state index contributed by atoms with van der Waals surface area (Å²) in [5, 5.41) is 17.2. The van der Waals surface area contributed by atoms with Crippen molar-refractivity contribution >= 4 is 34.7 Å². The van der Waals surface area contributed by atoms with Crippen LogP contribution in [0.25, 0.3) is 0 Å². The highest BCUT2D eigenvalue weighted by atomic mass is 32.2. The monoisotopic (exact) mass is 307 g/mol. The zero-order valence-corrected chi connectivity index (χ0v) is 12.6. The third kappa shape index (κ3) is 2.83. The Balaban J connectivity index is 1.88. The number of aryl methyl sites for hydroxylation is 1. The second kappa shape index (κ2) is 5.22. The van der Waals surface area contributed by atoms with Gasteiger partial charge in [0.2, 0.25) is 5.91 Å². The summed E-state index contributed by atoms with van der Waals surface area (Å²) >= 11 is 1.80. The van der Waals surface area contributed by atoms with Crippen LogP contribution in [0.15, 0.2) is 12.1 Å². The molecule has 1 fully saturated rings. The average molecular weight is 307 g/mol. The number of nitrogens with one attached hydrogen (secondary N) is 2. The van der Waals surface area contributed by atoms with Crippen LogP contribution in [-0.4, -0.2) is 28.4 Å².